The Bertz CT molecular complexity index is 1630. The van der Waals surface area contributed by atoms with Gasteiger partial charge in [0, 0.05) is 49.4 Å². The van der Waals surface area contributed by atoms with E-state index in [1.165, 1.54) is 0 Å². The normalized spacial score (nSPS) is 19.0. The lowest BCUT2D eigenvalue weighted by Crippen LogP contribution is -2.43. The number of aromatic nitrogens is 1. The summed E-state index contributed by atoms with van der Waals surface area (Å²) in [5, 5.41) is 14.9. The van der Waals surface area contributed by atoms with Crippen molar-refractivity contribution in [3.8, 4) is 11.1 Å². The van der Waals surface area contributed by atoms with E-state index in [2.05, 4.69) is 52.7 Å². The highest BCUT2D eigenvalue weighted by atomic mass is 16.7. The number of ether oxygens (including phenoxy) is 3. The molecular weight excluding hydrogens is 620 g/mol. The summed E-state index contributed by atoms with van der Waals surface area (Å²) in [4.78, 5) is 30.4. The SMILES string of the molecule is CCOC(=O)CNC(=O)NCc1cccc(-c2ccc([C@H]3O[C@@H](CN(C)CCc4ccccn4)[C@@H](C)[C@@H](c4ccc(CO)cc4)O3)cc2)c1. The molecule has 1 aliphatic heterocycles. The first-order valence-corrected chi connectivity index (χ1v) is 16.8. The summed E-state index contributed by atoms with van der Waals surface area (Å²) >= 11 is 0. The van der Waals surface area contributed by atoms with Crippen LogP contribution in [0.25, 0.3) is 11.1 Å². The number of pyridine rings is 1. The molecule has 1 aliphatic rings. The zero-order valence-corrected chi connectivity index (χ0v) is 28.4. The topological polar surface area (TPSA) is 122 Å². The van der Waals surface area contributed by atoms with Crippen LogP contribution >= 0.6 is 0 Å². The highest BCUT2D eigenvalue weighted by molar-refractivity contribution is 5.80. The molecule has 5 rings (SSSR count). The predicted octanol–water partition coefficient (Wildman–Crippen LogP) is 5.57. The summed E-state index contributed by atoms with van der Waals surface area (Å²) in [7, 11) is 2.11. The second-order valence-electron chi connectivity index (χ2n) is 12.3. The minimum atomic E-state index is -0.564. The monoisotopic (exact) mass is 666 g/mol. The smallest absolute Gasteiger partial charge is 0.325 e. The molecule has 10 heteroatoms. The van der Waals surface area contributed by atoms with Gasteiger partial charge < -0.3 is 34.9 Å². The van der Waals surface area contributed by atoms with E-state index in [4.69, 9.17) is 14.2 Å². The van der Waals surface area contributed by atoms with Crippen molar-refractivity contribution >= 4 is 12.0 Å². The van der Waals surface area contributed by atoms with Gasteiger partial charge >= 0.3 is 12.0 Å². The van der Waals surface area contributed by atoms with Crippen LogP contribution in [0.5, 0.6) is 0 Å². The minimum absolute atomic E-state index is 0.00495. The third-order valence-electron chi connectivity index (χ3n) is 8.69. The molecule has 0 saturated carbocycles. The highest BCUT2D eigenvalue weighted by Crippen LogP contribution is 2.42. The fourth-order valence-corrected chi connectivity index (χ4v) is 5.88. The van der Waals surface area contributed by atoms with E-state index in [1.54, 1.807) is 6.92 Å². The molecule has 0 spiro atoms. The average molecular weight is 667 g/mol. The van der Waals surface area contributed by atoms with Crippen LogP contribution in [-0.4, -0.2) is 66.4 Å². The quantitative estimate of drug-likeness (QED) is 0.150. The van der Waals surface area contributed by atoms with Gasteiger partial charge in [0.1, 0.15) is 6.54 Å². The summed E-state index contributed by atoms with van der Waals surface area (Å²) in [6.07, 6.45) is 1.83. The van der Waals surface area contributed by atoms with E-state index in [0.717, 1.165) is 58.6 Å². The van der Waals surface area contributed by atoms with Crippen LogP contribution in [0, 0.1) is 5.92 Å². The Hall–Kier alpha value is -4.61. The largest absolute Gasteiger partial charge is 0.465 e. The summed E-state index contributed by atoms with van der Waals surface area (Å²) in [6, 6.07) is 29.6. The maximum absolute atomic E-state index is 12.1. The summed E-state index contributed by atoms with van der Waals surface area (Å²) in [5.74, 6) is -0.398. The summed E-state index contributed by atoms with van der Waals surface area (Å²) in [6.45, 7) is 5.87. The molecule has 258 valence electrons. The number of benzene rings is 3. The van der Waals surface area contributed by atoms with E-state index >= 15 is 0 Å². The lowest BCUT2D eigenvalue weighted by atomic mass is 9.90. The van der Waals surface area contributed by atoms with Gasteiger partial charge in [-0.2, -0.15) is 0 Å². The van der Waals surface area contributed by atoms with Gasteiger partial charge in [-0.3, -0.25) is 9.78 Å². The van der Waals surface area contributed by atoms with Crippen LogP contribution in [0.1, 0.15) is 54.2 Å². The third kappa shape index (κ3) is 10.2. The van der Waals surface area contributed by atoms with Gasteiger partial charge in [-0.1, -0.05) is 79.7 Å². The maximum Gasteiger partial charge on any atom is 0.325 e. The molecule has 1 saturated heterocycles. The average Bonchev–Trinajstić information content (AvgIpc) is 3.14. The number of rotatable bonds is 14. The summed E-state index contributed by atoms with van der Waals surface area (Å²) in [5.41, 5.74) is 6.84. The molecule has 0 radical (unpaired) electrons. The van der Waals surface area contributed by atoms with Gasteiger partial charge in [0.25, 0.3) is 0 Å². The molecule has 10 nitrogen and oxygen atoms in total. The van der Waals surface area contributed by atoms with Gasteiger partial charge in [0.2, 0.25) is 0 Å². The Morgan fingerprint density at radius 3 is 2.39 bits per heavy atom. The first-order valence-electron chi connectivity index (χ1n) is 16.8. The second kappa shape index (κ2) is 17.7. The molecule has 4 aromatic rings. The van der Waals surface area contributed by atoms with Crippen molar-refractivity contribution in [1.29, 1.82) is 0 Å². The molecule has 1 fully saturated rings. The van der Waals surface area contributed by atoms with Crippen molar-refractivity contribution in [2.75, 3.05) is 33.3 Å². The molecule has 2 heterocycles. The molecule has 4 atom stereocenters. The number of hydrogen-bond acceptors (Lipinski definition) is 8. The number of aliphatic hydroxyl groups is 1. The number of carbonyl (C=O) groups is 2. The van der Waals surface area contributed by atoms with Gasteiger partial charge in [0.05, 0.1) is 25.4 Å². The predicted molar refractivity (Wildman–Crippen MR) is 187 cm³/mol. The number of likely N-dealkylation sites (N-methyl/N-ethyl adjacent to an activating group) is 1. The van der Waals surface area contributed by atoms with Crippen molar-refractivity contribution in [3.05, 3.63) is 125 Å². The lowest BCUT2D eigenvalue weighted by Gasteiger charge is -2.42. The van der Waals surface area contributed by atoms with Gasteiger partial charge in [-0.05, 0) is 60.0 Å². The zero-order valence-electron chi connectivity index (χ0n) is 28.4. The van der Waals surface area contributed by atoms with Crippen LogP contribution < -0.4 is 10.6 Å². The van der Waals surface area contributed by atoms with Crippen LogP contribution in [0.15, 0.2) is 97.2 Å². The summed E-state index contributed by atoms with van der Waals surface area (Å²) < 4.78 is 18.2. The minimum Gasteiger partial charge on any atom is -0.465 e. The number of esters is 1. The molecule has 3 aromatic carbocycles. The first kappa shape index (κ1) is 35.7. The molecule has 0 bridgehead atoms. The van der Waals surface area contributed by atoms with Gasteiger partial charge in [-0.15, -0.1) is 0 Å². The Kier molecular flexibility index (Phi) is 12.9. The number of amides is 2. The van der Waals surface area contributed by atoms with Crippen LogP contribution in [0.4, 0.5) is 4.79 Å². The fourth-order valence-electron chi connectivity index (χ4n) is 5.88. The highest BCUT2D eigenvalue weighted by Gasteiger charge is 2.38. The number of hydrogen-bond donors (Lipinski definition) is 3. The lowest BCUT2D eigenvalue weighted by molar-refractivity contribution is -0.275. The van der Waals surface area contributed by atoms with E-state index in [0.29, 0.717) is 6.54 Å². The van der Waals surface area contributed by atoms with Crippen LogP contribution in [0.3, 0.4) is 0 Å². The molecule has 2 amide bonds. The van der Waals surface area contributed by atoms with Crippen molar-refractivity contribution in [3.63, 3.8) is 0 Å². The first-order chi connectivity index (χ1) is 23.8. The molecule has 1 aromatic heterocycles. The fraction of sp³-hybridized carbons (Fsp3) is 0.359. The third-order valence-corrected chi connectivity index (χ3v) is 8.69. The number of urea groups is 1. The van der Waals surface area contributed by atoms with Gasteiger partial charge in [0.15, 0.2) is 6.29 Å². The Labute approximate surface area is 288 Å². The standard InChI is InChI=1S/C39H46N4O6/c1-4-47-36(45)24-42-39(46)41-23-29-8-7-9-33(22-29)30-15-17-32(18-16-30)38-48-35(25-43(3)21-19-34-10-5-6-20-40-34)27(2)37(49-38)31-13-11-28(26-44)12-14-31/h5-18,20,22,27,35,37-38,44H,4,19,21,23-26H2,1-3H3,(H2,41,42,46)/t27-,35+,37+,38+/m1/s1. The molecule has 3 N–H and O–H groups in total. The molecular formula is C39H46N4O6. The molecule has 0 unspecified atom stereocenters. The Morgan fingerprint density at radius 1 is 0.898 bits per heavy atom. The Morgan fingerprint density at radius 2 is 1.67 bits per heavy atom. The number of nitrogens with zero attached hydrogens (tertiary/aromatic N) is 2. The Balaban J connectivity index is 1.26. The van der Waals surface area contributed by atoms with E-state index < -0.39 is 18.3 Å². The number of nitrogens with one attached hydrogen (secondary N) is 2. The number of carbonyl (C=O) groups excluding carboxylic acids is 2. The van der Waals surface area contributed by atoms with E-state index in [-0.39, 0.29) is 37.9 Å². The van der Waals surface area contributed by atoms with Crippen molar-refractivity contribution < 1.29 is 28.9 Å². The van der Waals surface area contributed by atoms with Gasteiger partial charge in [-0.25, -0.2) is 4.79 Å². The second-order valence-corrected chi connectivity index (χ2v) is 12.3. The molecule has 0 aliphatic carbocycles. The number of aliphatic hydroxyl groups excluding tert-OH is 1. The van der Waals surface area contributed by atoms with Crippen molar-refractivity contribution in [2.45, 2.75) is 51.9 Å². The van der Waals surface area contributed by atoms with Crippen molar-refractivity contribution in [1.82, 2.24) is 20.5 Å². The van der Waals surface area contributed by atoms with Crippen LogP contribution in [0.2, 0.25) is 0 Å². The van der Waals surface area contributed by atoms with Crippen LogP contribution in [-0.2, 0) is 38.6 Å². The van der Waals surface area contributed by atoms with E-state index in [1.807, 2.05) is 79.0 Å². The molecule has 49 heavy (non-hydrogen) atoms. The van der Waals surface area contributed by atoms with Crippen molar-refractivity contribution in [2.24, 2.45) is 5.92 Å². The van der Waals surface area contributed by atoms with E-state index in [9.17, 15) is 14.7 Å². The maximum atomic E-state index is 12.1. The zero-order chi connectivity index (χ0) is 34.6.